The maximum Gasteiger partial charge on any atom is 0.341 e. The van der Waals surface area contributed by atoms with Crippen LogP contribution in [-0.4, -0.2) is 41.8 Å². The van der Waals surface area contributed by atoms with Gasteiger partial charge in [-0.25, -0.2) is 9.18 Å². The first kappa shape index (κ1) is 17.5. The molecule has 28 heavy (non-hydrogen) atoms. The number of fused-ring (bicyclic) bond motifs is 1. The third-order valence-electron chi connectivity index (χ3n) is 6.68. The number of pyridine rings is 1. The van der Waals surface area contributed by atoms with E-state index in [0.717, 1.165) is 32.2 Å². The lowest BCUT2D eigenvalue weighted by molar-refractivity contribution is 0.0695. The predicted molar refractivity (Wildman–Crippen MR) is 105 cm³/mol. The quantitative estimate of drug-likeness (QED) is 0.695. The number of aromatic nitrogens is 1. The van der Waals surface area contributed by atoms with Crippen LogP contribution < -0.4 is 21.4 Å². The fourth-order valence-corrected chi connectivity index (χ4v) is 4.75. The number of halogens is 1. The van der Waals surface area contributed by atoms with E-state index in [1.807, 2.05) is 11.9 Å². The molecule has 7 nitrogen and oxygen atoms in total. The molecule has 1 atom stereocenters. The first-order valence-electron chi connectivity index (χ1n) is 9.68. The number of rotatable bonds is 4. The van der Waals surface area contributed by atoms with Crippen molar-refractivity contribution in [3.8, 4) is 0 Å². The van der Waals surface area contributed by atoms with Crippen LogP contribution in [0.15, 0.2) is 17.1 Å². The van der Waals surface area contributed by atoms with Crippen LogP contribution in [0.25, 0.3) is 10.9 Å². The molecule has 2 saturated carbocycles. The van der Waals surface area contributed by atoms with E-state index < -0.39 is 17.2 Å². The molecule has 2 heterocycles. The maximum absolute atomic E-state index is 15.3. The third-order valence-corrected chi connectivity index (χ3v) is 6.68. The first-order chi connectivity index (χ1) is 13.4. The second-order valence-electron chi connectivity index (χ2n) is 8.42. The molecule has 148 valence electrons. The van der Waals surface area contributed by atoms with Gasteiger partial charge in [-0.2, -0.15) is 0 Å². The Morgan fingerprint density at radius 2 is 2.11 bits per heavy atom. The Morgan fingerprint density at radius 3 is 2.64 bits per heavy atom. The minimum Gasteiger partial charge on any atom is -0.477 e. The number of nitrogens with one attached hydrogen (secondary N) is 1. The van der Waals surface area contributed by atoms with Crippen molar-refractivity contribution in [2.24, 2.45) is 5.41 Å². The van der Waals surface area contributed by atoms with Gasteiger partial charge in [0.2, 0.25) is 5.43 Å². The zero-order valence-corrected chi connectivity index (χ0v) is 15.7. The van der Waals surface area contributed by atoms with E-state index in [2.05, 4.69) is 5.32 Å². The summed E-state index contributed by atoms with van der Waals surface area (Å²) in [5.74, 6) is -1.96. The van der Waals surface area contributed by atoms with E-state index in [0.29, 0.717) is 23.8 Å². The van der Waals surface area contributed by atoms with Gasteiger partial charge in [-0.1, -0.05) is 0 Å². The lowest BCUT2D eigenvalue weighted by Gasteiger charge is -2.22. The molecule has 1 aromatic heterocycles. The standard InChI is InChI=1S/C20H23FN4O3/c1-23-14-8-24(9-20(14)4-5-20)13-6-12-15(17(22)16(13)21)18(26)11(19(27)28)7-25(12)10-2-3-10/h6-7,10,14,23H,2-5,8-9,22H2,1H3,(H,27,28)/t14-/m1/s1. The van der Waals surface area contributed by atoms with E-state index in [4.69, 9.17) is 5.73 Å². The average molecular weight is 386 g/mol. The van der Waals surface area contributed by atoms with Crippen molar-refractivity contribution in [1.29, 1.82) is 0 Å². The fourth-order valence-electron chi connectivity index (χ4n) is 4.75. The predicted octanol–water partition coefficient (Wildman–Crippen LogP) is 1.94. The van der Waals surface area contributed by atoms with Gasteiger partial charge in [0.25, 0.3) is 0 Å². The Kier molecular flexibility index (Phi) is 3.56. The molecular weight excluding hydrogens is 363 g/mol. The van der Waals surface area contributed by atoms with Gasteiger partial charge in [0.1, 0.15) is 5.56 Å². The van der Waals surface area contributed by atoms with Gasteiger partial charge >= 0.3 is 5.97 Å². The van der Waals surface area contributed by atoms with Crippen molar-refractivity contribution < 1.29 is 14.3 Å². The van der Waals surface area contributed by atoms with Gasteiger partial charge < -0.3 is 25.6 Å². The number of nitrogens with zero attached hydrogens (tertiary/aromatic N) is 2. The molecule has 1 aliphatic heterocycles. The summed E-state index contributed by atoms with van der Waals surface area (Å²) in [6.45, 7) is 1.43. The molecule has 3 fully saturated rings. The number of carbonyl (C=O) groups is 1. The second kappa shape index (κ2) is 5.70. The topological polar surface area (TPSA) is 101 Å². The summed E-state index contributed by atoms with van der Waals surface area (Å²) in [7, 11) is 1.93. The molecule has 4 N–H and O–H groups in total. The highest BCUT2D eigenvalue weighted by molar-refractivity contribution is 5.99. The summed E-state index contributed by atoms with van der Waals surface area (Å²) < 4.78 is 17.1. The van der Waals surface area contributed by atoms with E-state index in [1.54, 1.807) is 10.6 Å². The molecule has 0 radical (unpaired) electrons. The molecule has 5 rings (SSSR count). The first-order valence-corrected chi connectivity index (χ1v) is 9.68. The number of hydrogen-bond acceptors (Lipinski definition) is 5. The zero-order chi connectivity index (χ0) is 19.8. The Bertz CT molecular complexity index is 1070. The maximum atomic E-state index is 15.3. The van der Waals surface area contributed by atoms with Gasteiger partial charge in [-0.3, -0.25) is 4.79 Å². The molecule has 1 aromatic carbocycles. The Labute approximate surface area is 160 Å². The Morgan fingerprint density at radius 1 is 1.39 bits per heavy atom. The van der Waals surface area contributed by atoms with Crippen LogP contribution in [0.4, 0.5) is 15.8 Å². The van der Waals surface area contributed by atoms with Gasteiger partial charge in [0.15, 0.2) is 5.82 Å². The number of carboxylic acids is 1. The van der Waals surface area contributed by atoms with Crippen molar-refractivity contribution in [3.63, 3.8) is 0 Å². The lowest BCUT2D eigenvalue weighted by Crippen LogP contribution is -2.34. The second-order valence-corrected chi connectivity index (χ2v) is 8.42. The number of hydrogen-bond donors (Lipinski definition) is 3. The zero-order valence-electron chi connectivity index (χ0n) is 15.7. The molecule has 8 heteroatoms. The summed E-state index contributed by atoms with van der Waals surface area (Å²) in [4.78, 5) is 26.2. The number of aromatic carboxylic acids is 1. The van der Waals surface area contributed by atoms with Gasteiger partial charge in [-0.05, 0) is 38.8 Å². The van der Waals surface area contributed by atoms with Gasteiger partial charge in [-0.15, -0.1) is 0 Å². The van der Waals surface area contributed by atoms with Gasteiger partial charge in [0, 0.05) is 36.8 Å². The van der Waals surface area contributed by atoms with Crippen molar-refractivity contribution in [2.45, 2.75) is 37.8 Å². The molecule has 2 aliphatic carbocycles. The van der Waals surface area contributed by atoms with Crippen LogP contribution in [0.3, 0.4) is 0 Å². The van der Waals surface area contributed by atoms with E-state index in [-0.39, 0.29) is 28.1 Å². The van der Waals surface area contributed by atoms with E-state index in [9.17, 15) is 14.7 Å². The summed E-state index contributed by atoms with van der Waals surface area (Å²) in [6.07, 6.45) is 5.42. The number of likely N-dealkylation sites (N-methyl/N-ethyl adjacent to an activating group) is 1. The van der Waals surface area contributed by atoms with Crippen molar-refractivity contribution in [2.75, 3.05) is 30.8 Å². The van der Waals surface area contributed by atoms with Crippen LogP contribution in [0.5, 0.6) is 0 Å². The SMILES string of the molecule is CN[C@@H]1CN(c2cc3c(c(N)c2F)c(=O)c(C(=O)O)cn3C2CC2)CC12CC2. The molecule has 3 aliphatic rings. The average Bonchev–Trinajstić information content (AvgIpc) is 3.56. The largest absolute Gasteiger partial charge is 0.477 e. The fraction of sp³-hybridized carbons (Fsp3) is 0.500. The Balaban J connectivity index is 1.72. The molecule has 1 saturated heterocycles. The number of benzene rings is 1. The normalized spacial score (nSPS) is 22.9. The number of nitrogens with two attached hydrogens (primary N) is 1. The minimum atomic E-state index is -1.32. The third kappa shape index (κ3) is 2.37. The van der Waals surface area contributed by atoms with Crippen molar-refractivity contribution in [3.05, 3.63) is 33.9 Å². The lowest BCUT2D eigenvalue weighted by atomic mass is 10.0. The summed E-state index contributed by atoms with van der Waals surface area (Å²) in [5.41, 5.74) is 5.82. The molecule has 0 bridgehead atoms. The van der Waals surface area contributed by atoms with Crippen LogP contribution in [0.1, 0.15) is 42.1 Å². The molecule has 2 aromatic rings. The number of carboxylic acid groups (broad SMARTS) is 1. The number of nitrogen functional groups attached to an aromatic ring is 1. The van der Waals surface area contributed by atoms with E-state index >= 15 is 4.39 Å². The van der Waals surface area contributed by atoms with Crippen LogP contribution >= 0.6 is 0 Å². The highest BCUT2D eigenvalue weighted by Gasteiger charge is 2.54. The van der Waals surface area contributed by atoms with Gasteiger partial charge in [0.05, 0.1) is 22.3 Å². The van der Waals surface area contributed by atoms with Crippen molar-refractivity contribution in [1.82, 2.24) is 9.88 Å². The van der Waals surface area contributed by atoms with Crippen molar-refractivity contribution >= 4 is 28.2 Å². The summed E-state index contributed by atoms with van der Waals surface area (Å²) >= 11 is 0. The number of anilines is 2. The Hall–Kier alpha value is -2.61. The van der Waals surface area contributed by atoms with Crippen LogP contribution in [0.2, 0.25) is 0 Å². The molecular formula is C20H23FN4O3. The summed E-state index contributed by atoms with van der Waals surface area (Å²) in [5, 5.41) is 12.7. The molecule has 0 unspecified atom stereocenters. The monoisotopic (exact) mass is 386 g/mol. The molecule has 0 amide bonds. The highest BCUT2D eigenvalue weighted by atomic mass is 19.1. The van der Waals surface area contributed by atoms with Crippen LogP contribution in [0, 0.1) is 11.2 Å². The smallest absolute Gasteiger partial charge is 0.341 e. The summed E-state index contributed by atoms with van der Waals surface area (Å²) in [6, 6.07) is 2.10. The van der Waals surface area contributed by atoms with Crippen LogP contribution in [-0.2, 0) is 0 Å². The molecule has 1 spiro atoms. The van der Waals surface area contributed by atoms with E-state index in [1.165, 1.54) is 6.20 Å². The highest BCUT2D eigenvalue weighted by Crippen LogP contribution is 2.54. The minimum absolute atomic E-state index is 0.0291.